The molecule has 0 aromatic carbocycles. The fourth-order valence-corrected chi connectivity index (χ4v) is 3.57. The van der Waals surface area contributed by atoms with Gasteiger partial charge in [0, 0.05) is 24.2 Å². The molecule has 2 rings (SSSR count). The van der Waals surface area contributed by atoms with Crippen molar-refractivity contribution >= 4 is 29.0 Å². The van der Waals surface area contributed by atoms with Crippen LogP contribution in [-0.4, -0.2) is 52.0 Å². The minimum Gasteiger partial charge on any atom is -0.344 e. The van der Waals surface area contributed by atoms with Crippen LogP contribution in [0.2, 0.25) is 0 Å². The number of thioether (sulfide) groups is 1. The summed E-state index contributed by atoms with van der Waals surface area (Å²) in [4.78, 5) is 16.0. The van der Waals surface area contributed by atoms with Gasteiger partial charge in [-0.25, -0.2) is 0 Å². The minimum atomic E-state index is -0.0667. The largest absolute Gasteiger partial charge is 0.344 e. The Kier molecular flexibility index (Phi) is 5.98. The van der Waals surface area contributed by atoms with Crippen molar-refractivity contribution in [2.75, 3.05) is 26.4 Å². The summed E-state index contributed by atoms with van der Waals surface area (Å²) in [6.07, 6.45) is 0. The summed E-state index contributed by atoms with van der Waals surface area (Å²) >= 11 is 3.16. The molecule has 0 radical (unpaired) electrons. The van der Waals surface area contributed by atoms with Gasteiger partial charge < -0.3 is 14.8 Å². The Hall–Kier alpha value is -1.38. The fraction of sp³-hybridized carbons (Fsp3) is 0.500. The molecule has 0 aliphatic carbocycles. The molecule has 0 bridgehead atoms. The molecule has 1 amide bonds. The van der Waals surface area contributed by atoms with E-state index in [0.717, 1.165) is 33.0 Å². The quantitative estimate of drug-likeness (QED) is 0.779. The lowest BCUT2D eigenvalue weighted by atomic mass is 10.4. The first-order valence-corrected chi connectivity index (χ1v) is 8.78. The van der Waals surface area contributed by atoms with Crippen molar-refractivity contribution in [3.8, 4) is 0 Å². The van der Waals surface area contributed by atoms with Gasteiger partial charge in [-0.05, 0) is 33.2 Å². The van der Waals surface area contributed by atoms with Gasteiger partial charge in [-0.1, -0.05) is 11.8 Å². The Morgan fingerprint density at radius 1 is 1.41 bits per heavy atom. The molecular weight excluding hydrogens is 318 g/mol. The summed E-state index contributed by atoms with van der Waals surface area (Å²) in [7, 11) is 6.02. The summed E-state index contributed by atoms with van der Waals surface area (Å²) in [5.74, 6) is 1.65. The summed E-state index contributed by atoms with van der Waals surface area (Å²) in [5.41, 5.74) is 0. The molecule has 0 spiro atoms. The van der Waals surface area contributed by atoms with E-state index in [1.165, 1.54) is 11.3 Å². The van der Waals surface area contributed by atoms with Crippen LogP contribution < -0.4 is 5.32 Å². The van der Waals surface area contributed by atoms with Crippen LogP contribution in [-0.2, 0) is 13.6 Å². The first-order chi connectivity index (χ1) is 10.5. The second-order valence-electron chi connectivity index (χ2n) is 5.20. The molecule has 0 saturated heterocycles. The molecule has 0 saturated carbocycles. The van der Waals surface area contributed by atoms with E-state index < -0.39 is 0 Å². The maximum absolute atomic E-state index is 12.0. The van der Waals surface area contributed by atoms with Crippen LogP contribution in [0.5, 0.6) is 0 Å². The SMILES string of the molecule is Cc1ccc(C(=O)NCc2nnc(SCCN(C)C)n2C)s1. The van der Waals surface area contributed by atoms with Gasteiger partial charge in [0.2, 0.25) is 0 Å². The van der Waals surface area contributed by atoms with Crippen LogP contribution >= 0.6 is 23.1 Å². The molecule has 8 heteroatoms. The number of amides is 1. The van der Waals surface area contributed by atoms with Gasteiger partial charge in [-0.3, -0.25) is 4.79 Å². The van der Waals surface area contributed by atoms with Crippen LogP contribution in [0.1, 0.15) is 20.4 Å². The van der Waals surface area contributed by atoms with Crippen molar-refractivity contribution < 1.29 is 4.79 Å². The molecule has 0 aliphatic heterocycles. The van der Waals surface area contributed by atoms with E-state index in [1.54, 1.807) is 11.8 Å². The van der Waals surface area contributed by atoms with Gasteiger partial charge >= 0.3 is 0 Å². The summed E-state index contributed by atoms with van der Waals surface area (Å²) in [6, 6.07) is 3.79. The number of aryl methyl sites for hydroxylation is 1. The van der Waals surface area contributed by atoms with Gasteiger partial charge in [0.15, 0.2) is 11.0 Å². The number of hydrogen-bond donors (Lipinski definition) is 1. The Balaban J connectivity index is 1.88. The topological polar surface area (TPSA) is 63.1 Å². The highest BCUT2D eigenvalue weighted by atomic mass is 32.2. The van der Waals surface area contributed by atoms with Crippen molar-refractivity contribution in [2.45, 2.75) is 18.6 Å². The number of nitrogens with zero attached hydrogens (tertiary/aromatic N) is 4. The third kappa shape index (κ3) is 4.56. The Bertz CT molecular complexity index is 635. The number of thiophene rings is 1. The lowest BCUT2D eigenvalue weighted by molar-refractivity contribution is 0.0953. The van der Waals surface area contributed by atoms with E-state index >= 15 is 0 Å². The van der Waals surface area contributed by atoms with E-state index in [0.29, 0.717) is 6.54 Å². The van der Waals surface area contributed by atoms with Crippen LogP contribution in [0.15, 0.2) is 17.3 Å². The first-order valence-electron chi connectivity index (χ1n) is 6.98. The van der Waals surface area contributed by atoms with E-state index in [-0.39, 0.29) is 5.91 Å². The third-order valence-electron chi connectivity index (χ3n) is 3.07. The van der Waals surface area contributed by atoms with E-state index in [1.807, 2.05) is 44.8 Å². The molecule has 0 atom stereocenters. The van der Waals surface area contributed by atoms with E-state index in [4.69, 9.17) is 0 Å². The summed E-state index contributed by atoms with van der Waals surface area (Å²) < 4.78 is 1.93. The number of nitrogens with one attached hydrogen (secondary N) is 1. The zero-order valence-corrected chi connectivity index (χ0v) is 14.9. The van der Waals surface area contributed by atoms with Crippen LogP contribution in [0.25, 0.3) is 0 Å². The van der Waals surface area contributed by atoms with Gasteiger partial charge in [0.25, 0.3) is 5.91 Å². The van der Waals surface area contributed by atoms with Crippen molar-refractivity contribution in [1.82, 2.24) is 25.0 Å². The number of carbonyl (C=O) groups is 1. The summed E-state index contributed by atoms with van der Waals surface area (Å²) in [5, 5.41) is 12.1. The Morgan fingerprint density at radius 3 is 2.82 bits per heavy atom. The average Bonchev–Trinajstić information content (AvgIpc) is 3.04. The molecule has 120 valence electrons. The van der Waals surface area contributed by atoms with Gasteiger partial charge in [-0.2, -0.15) is 0 Å². The van der Waals surface area contributed by atoms with Crippen LogP contribution in [0.4, 0.5) is 0 Å². The standard InChI is InChI=1S/C14H21N5OS2/c1-10-5-6-11(22-10)13(20)15-9-12-16-17-14(19(12)4)21-8-7-18(2)3/h5-6H,7-9H2,1-4H3,(H,15,20). The zero-order valence-electron chi connectivity index (χ0n) is 13.3. The molecule has 22 heavy (non-hydrogen) atoms. The third-order valence-corrected chi connectivity index (χ3v) is 5.07. The van der Waals surface area contributed by atoms with Crippen molar-refractivity contribution in [2.24, 2.45) is 7.05 Å². The first kappa shape index (κ1) is 17.0. The van der Waals surface area contributed by atoms with E-state index in [2.05, 4.69) is 20.4 Å². The van der Waals surface area contributed by atoms with Gasteiger partial charge in [0.05, 0.1) is 11.4 Å². The minimum absolute atomic E-state index is 0.0667. The molecule has 0 unspecified atom stereocenters. The molecule has 2 heterocycles. The van der Waals surface area contributed by atoms with Crippen LogP contribution in [0, 0.1) is 6.92 Å². The molecule has 0 fully saturated rings. The number of rotatable bonds is 7. The number of aromatic nitrogens is 3. The Morgan fingerprint density at radius 2 is 2.18 bits per heavy atom. The second-order valence-corrected chi connectivity index (χ2v) is 7.55. The highest BCUT2D eigenvalue weighted by Crippen LogP contribution is 2.16. The molecule has 2 aromatic rings. The number of carbonyl (C=O) groups excluding carboxylic acids is 1. The molecule has 1 N–H and O–H groups in total. The highest BCUT2D eigenvalue weighted by Gasteiger charge is 2.12. The van der Waals surface area contributed by atoms with E-state index in [9.17, 15) is 4.79 Å². The monoisotopic (exact) mass is 339 g/mol. The predicted molar refractivity (Wildman–Crippen MR) is 90.5 cm³/mol. The smallest absolute Gasteiger partial charge is 0.261 e. The summed E-state index contributed by atoms with van der Waals surface area (Å²) in [6.45, 7) is 3.36. The highest BCUT2D eigenvalue weighted by molar-refractivity contribution is 7.99. The van der Waals surface area contributed by atoms with Crippen molar-refractivity contribution in [1.29, 1.82) is 0 Å². The van der Waals surface area contributed by atoms with Crippen molar-refractivity contribution in [3.63, 3.8) is 0 Å². The van der Waals surface area contributed by atoms with Crippen molar-refractivity contribution in [3.05, 3.63) is 27.7 Å². The molecule has 6 nitrogen and oxygen atoms in total. The lowest BCUT2D eigenvalue weighted by Crippen LogP contribution is -2.23. The lowest BCUT2D eigenvalue weighted by Gasteiger charge is -2.08. The average molecular weight is 339 g/mol. The molecule has 2 aromatic heterocycles. The van der Waals surface area contributed by atoms with Crippen LogP contribution in [0.3, 0.4) is 0 Å². The maximum atomic E-state index is 12.0. The Labute approximate surface area is 138 Å². The van der Waals surface area contributed by atoms with Gasteiger partial charge in [-0.15, -0.1) is 21.5 Å². The second kappa shape index (κ2) is 7.75. The molecular formula is C14H21N5OS2. The normalized spacial score (nSPS) is 11.1. The molecule has 0 aliphatic rings. The van der Waals surface area contributed by atoms with Gasteiger partial charge in [0.1, 0.15) is 0 Å². The number of hydrogen-bond acceptors (Lipinski definition) is 6. The fourth-order valence-electron chi connectivity index (χ4n) is 1.75. The predicted octanol–water partition coefficient (Wildman–Crippen LogP) is 1.77. The zero-order chi connectivity index (χ0) is 16.1. The maximum Gasteiger partial charge on any atom is 0.261 e.